The lowest BCUT2D eigenvalue weighted by atomic mass is 10.1. The van der Waals surface area contributed by atoms with E-state index < -0.39 is 5.91 Å². The summed E-state index contributed by atoms with van der Waals surface area (Å²) < 4.78 is 5.54. The zero-order chi connectivity index (χ0) is 17.6. The summed E-state index contributed by atoms with van der Waals surface area (Å²) in [5, 5.41) is 6.49. The van der Waals surface area contributed by atoms with E-state index in [2.05, 4.69) is 22.5 Å². The first-order valence-corrected chi connectivity index (χ1v) is 8.66. The summed E-state index contributed by atoms with van der Waals surface area (Å²) in [6, 6.07) is 7.23. The van der Waals surface area contributed by atoms with Crippen molar-refractivity contribution in [3.05, 3.63) is 35.4 Å². The molecule has 0 unspecified atom stereocenters. The Kier molecular flexibility index (Phi) is 14.1. The lowest BCUT2D eigenvalue weighted by molar-refractivity contribution is 0.1000. The number of unbranched alkanes of at least 4 members (excludes halogenated alkanes) is 1. The second-order valence-electron chi connectivity index (χ2n) is 5.51. The van der Waals surface area contributed by atoms with E-state index in [1.54, 1.807) is 12.1 Å². The van der Waals surface area contributed by atoms with Gasteiger partial charge >= 0.3 is 0 Å². The fraction of sp³-hybridized carbons (Fsp3) is 0.556. The normalized spacial score (nSPS) is 10.9. The number of halogens is 1. The Morgan fingerprint density at radius 2 is 1.96 bits per heavy atom. The molecular formula is C18H31IN4O2. The predicted molar refractivity (Wildman–Crippen MR) is 114 cm³/mol. The average molecular weight is 462 g/mol. The van der Waals surface area contributed by atoms with Crippen LogP contribution in [0.4, 0.5) is 0 Å². The number of amides is 1. The van der Waals surface area contributed by atoms with Crippen LogP contribution in [0, 0.1) is 0 Å². The number of carbonyl (C=O) groups is 1. The number of ether oxygens (including phenoxy) is 1. The topological polar surface area (TPSA) is 88.7 Å². The first-order valence-electron chi connectivity index (χ1n) is 8.66. The first kappa shape index (κ1) is 23.6. The largest absolute Gasteiger partial charge is 0.381 e. The van der Waals surface area contributed by atoms with Crippen molar-refractivity contribution in [1.82, 2.24) is 10.6 Å². The van der Waals surface area contributed by atoms with Gasteiger partial charge in [-0.1, -0.05) is 25.5 Å². The molecule has 0 aliphatic carbocycles. The lowest BCUT2D eigenvalue weighted by Gasteiger charge is -2.11. The van der Waals surface area contributed by atoms with E-state index in [1.807, 2.05) is 19.1 Å². The molecule has 1 aromatic rings. The van der Waals surface area contributed by atoms with Crippen LogP contribution < -0.4 is 16.4 Å². The van der Waals surface area contributed by atoms with Gasteiger partial charge in [0.05, 0.1) is 6.54 Å². The highest BCUT2D eigenvalue weighted by molar-refractivity contribution is 14.0. The van der Waals surface area contributed by atoms with Gasteiger partial charge in [0.15, 0.2) is 5.96 Å². The van der Waals surface area contributed by atoms with Crippen LogP contribution in [0.5, 0.6) is 0 Å². The minimum Gasteiger partial charge on any atom is -0.381 e. The standard InChI is InChI=1S/C18H30N4O2.HI/c1-3-5-11-24-12-7-10-21-18(20-4-2)22-14-15-8-6-9-16(13-15)17(19)23;/h6,8-9,13H,3-5,7,10-12,14H2,1-2H3,(H2,19,23)(H2,20,21,22);1H. The highest BCUT2D eigenvalue weighted by Gasteiger charge is 2.02. The summed E-state index contributed by atoms with van der Waals surface area (Å²) in [7, 11) is 0. The molecule has 0 saturated carbocycles. The summed E-state index contributed by atoms with van der Waals surface area (Å²) in [6.07, 6.45) is 3.21. The van der Waals surface area contributed by atoms with E-state index in [0.717, 1.165) is 57.1 Å². The number of nitrogens with two attached hydrogens (primary N) is 1. The lowest BCUT2D eigenvalue weighted by Crippen LogP contribution is -2.38. The van der Waals surface area contributed by atoms with Crippen LogP contribution in [0.25, 0.3) is 0 Å². The zero-order valence-electron chi connectivity index (χ0n) is 15.2. The number of nitrogens with one attached hydrogen (secondary N) is 2. The summed E-state index contributed by atoms with van der Waals surface area (Å²) in [5.41, 5.74) is 6.75. The Morgan fingerprint density at radius 1 is 1.20 bits per heavy atom. The predicted octanol–water partition coefficient (Wildman–Crippen LogP) is 2.67. The number of hydrogen-bond donors (Lipinski definition) is 3. The molecule has 0 aliphatic rings. The molecule has 0 fully saturated rings. The van der Waals surface area contributed by atoms with Gasteiger partial charge in [0.1, 0.15) is 0 Å². The molecule has 0 heterocycles. The first-order chi connectivity index (χ1) is 11.7. The number of benzene rings is 1. The van der Waals surface area contributed by atoms with Crippen LogP contribution in [0.15, 0.2) is 29.3 Å². The third kappa shape index (κ3) is 11.0. The maximum Gasteiger partial charge on any atom is 0.248 e. The van der Waals surface area contributed by atoms with Crippen LogP contribution >= 0.6 is 24.0 Å². The minimum absolute atomic E-state index is 0. The Bertz CT molecular complexity index is 524. The van der Waals surface area contributed by atoms with Crippen molar-refractivity contribution < 1.29 is 9.53 Å². The highest BCUT2D eigenvalue weighted by Crippen LogP contribution is 2.06. The number of hydrogen-bond acceptors (Lipinski definition) is 3. The Balaban J connectivity index is 0.00000576. The maximum absolute atomic E-state index is 11.2. The van der Waals surface area contributed by atoms with Crippen molar-refractivity contribution in [2.24, 2.45) is 10.7 Å². The second-order valence-corrected chi connectivity index (χ2v) is 5.51. The highest BCUT2D eigenvalue weighted by atomic mass is 127. The van der Waals surface area contributed by atoms with Crippen molar-refractivity contribution in [2.75, 3.05) is 26.3 Å². The van der Waals surface area contributed by atoms with Crippen molar-refractivity contribution in [2.45, 2.75) is 39.7 Å². The molecule has 1 aromatic carbocycles. The molecular weight excluding hydrogens is 431 g/mol. The van der Waals surface area contributed by atoms with Gasteiger partial charge in [0.2, 0.25) is 5.91 Å². The van der Waals surface area contributed by atoms with Gasteiger partial charge in [-0.3, -0.25) is 4.79 Å². The number of primary amides is 1. The number of aliphatic imine (C=N–C) groups is 1. The average Bonchev–Trinajstić information content (AvgIpc) is 2.59. The van der Waals surface area contributed by atoms with E-state index in [1.165, 1.54) is 0 Å². The van der Waals surface area contributed by atoms with E-state index in [0.29, 0.717) is 12.1 Å². The molecule has 1 rings (SSSR count). The third-order valence-corrected chi connectivity index (χ3v) is 3.38. The van der Waals surface area contributed by atoms with Crippen LogP contribution in [0.1, 0.15) is 49.0 Å². The van der Waals surface area contributed by atoms with Gasteiger partial charge < -0.3 is 21.1 Å². The molecule has 0 saturated heterocycles. The van der Waals surface area contributed by atoms with Crippen LogP contribution in [-0.4, -0.2) is 38.2 Å². The van der Waals surface area contributed by atoms with Gasteiger partial charge in [-0.2, -0.15) is 0 Å². The van der Waals surface area contributed by atoms with Gasteiger partial charge in [-0.15, -0.1) is 24.0 Å². The summed E-state index contributed by atoms with van der Waals surface area (Å²) >= 11 is 0. The third-order valence-electron chi connectivity index (χ3n) is 3.38. The maximum atomic E-state index is 11.2. The minimum atomic E-state index is -0.422. The molecule has 0 aromatic heterocycles. The number of guanidine groups is 1. The van der Waals surface area contributed by atoms with E-state index in [4.69, 9.17) is 10.5 Å². The van der Waals surface area contributed by atoms with Gasteiger partial charge in [0, 0.05) is 31.9 Å². The van der Waals surface area contributed by atoms with Crippen LogP contribution in [-0.2, 0) is 11.3 Å². The smallest absolute Gasteiger partial charge is 0.248 e. The number of rotatable bonds is 11. The molecule has 1 amide bonds. The number of carbonyl (C=O) groups excluding carboxylic acids is 1. The van der Waals surface area contributed by atoms with E-state index in [-0.39, 0.29) is 24.0 Å². The summed E-state index contributed by atoms with van der Waals surface area (Å²) in [4.78, 5) is 15.7. The Hall–Kier alpha value is -1.35. The summed E-state index contributed by atoms with van der Waals surface area (Å²) in [5.74, 6) is 0.337. The molecule has 4 N–H and O–H groups in total. The van der Waals surface area contributed by atoms with Crippen LogP contribution in [0.3, 0.4) is 0 Å². The molecule has 25 heavy (non-hydrogen) atoms. The van der Waals surface area contributed by atoms with Crippen molar-refractivity contribution in [3.63, 3.8) is 0 Å². The van der Waals surface area contributed by atoms with Crippen molar-refractivity contribution in [3.8, 4) is 0 Å². The quantitative estimate of drug-likeness (QED) is 0.204. The molecule has 0 radical (unpaired) electrons. The van der Waals surface area contributed by atoms with E-state index in [9.17, 15) is 4.79 Å². The fourth-order valence-electron chi connectivity index (χ4n) is 2.06. The van der Waals surface area contributed by atoms with Gasteiger partial charge in [0.25, 0.3) is 0 Å². The van der Waals surface area contributed by atoms with Gasteiger partial charge in [-0.25, -0.2) is 4.99 Å². The molecule has 142 valence electrons. The zero-order valence-corrected chi connectivity index (χ0v) is 17.5. The molecule has 0 bridgehead atoms. The summed E-state index contributed by atoms with van der Waals surface area (Å²) in [6.45, 7) is 7.86. The molecule has 0 aliphatic heterocycles. The molecule has 0 atom stereocenters. The number of nitrogens with zero attached hydrogens (tertiary/aromatic N) is 1. The van der Waals surface area contributed by atoms with Gasteiger partial charge in [-0.05, 0) is 37.5 Å². The molecule has 7 heteroatoms. The molecule has 6 nitrogen and oxygen atoms in total. The fourth-order valence-corrected chi connectivity index (χ4v) is 2.06. The van der Waals surface area contributed by atoms with Crippen molar-refractivity contribution in [1.29, 1.82) is 0 Å². The van der Waals surface area contributed by atoms with Crippen molar-refractivity contribution >= 4 is 35.8 Å². The van der Waals surface area contributed by atoms with E-state index >= 15 is 0 Å². The second kappa shape index (κ2) is 14.9. The Labute approximate surface area is 168 Å². The molecule has 0 spiro atoms. The Morgan fingerprint density at radius 3 is 2.64 bits per heavy atom. The monoisotopic (exact) mass is 462 g/mol. The SMILES string of the molecule is CCCCOCCCNC(=NCc1cccc(C(N)=O)c1)NCC.I. The van der Waals surface area contributed by atoms with Crippen LogP contribution in [0.2, 0.25) is 0 Å².